The number of nitrogens with zero attached hydrogens (tertiary/aromatic N) is 3. The quantitative estimate of drug-likeness (QED) is 0.838. The Balaban J connectivity index is 1.69. The molecule has 1 N–H and O–H groups in total. The van der Waals surface area contributed by atoms with Crippen molar-refractivity contribution in [3.05, 3.63) is 35.9 Å². The van der Waals surface area contributed by atoms with Gasteiger partial charge in [0.1, 0.15) is 6.07 Å². The molecule has 1 fully saturated rings. The fourth-order valence-electron chi connectivity index (χ4n) is 2.96. The Bertz CT molecular complexity index is 745. The Labute approximate surface area is 147 Å². The Hall–Kier alpha value is -2.72. The molecule has 2 heterocycles. The number of para-hydroxylation sites is 2. The molecule has 0 saturated carbocycles. The third-order valence-corrected chi connectivity index (χ3v) is 4.44. The second-order valence-electron chi connectivity index (χ2n) is 5.90. The molecule has 25 heavy (non-hydrogen) atoms. The van der Waals surface area contributed by atoms with Gasteiger partial charge in [0.05, 0.1) is 39.8 Å². The zero-order valence-corrected chi connectivity index (χ0v) is 14.6. The monoisotopic (exact) mass is 343 g/mol. The predicted molar refractivity (Wildman–Crippen MR) is 92.0 cm³/mol. The molecule has 1 aliphatic heterocycles. The molecule has 0 radical (unpaired) electrons. The molecule has 0 atom stereocenters. The Morgan fingerprint density at radius 1 is 1.28 bits per heavy atom. The van der Waals surface area contributed by atoms with Crippen molar-refractivity contribution >= 4 is 5.88 Å². The largest absolute Gasteiger partial charge is 0.493 e. The second-order valence-corrected chi connectivity index (χ2v) is 5.90. The number of benzene rings is 1. The van der Waals surface area contributed by atoms with Gasteiger partial charge in [0, 0.05) is 0 Å². The molecule has 0 amide bonds. The van der Waals surface area contributed by atoms with Gasteiger partial charge in [-0.05, 0) is 19.1 Å². The smallest absolute Gasteiger partial charge is 0.236 e. The topological polar surface area (TPSA) is 76.0 Å². The molecular formula is C18H23N4O3+. The standard InChI is InChI=1S/C18H22N4O3/c1-3-21-8-10-22(11-9-21)18-14(12-19)20-17(25-18)13-24-16-7-5-4-6-15(16)23-2/h4-7H,3,8-11,13H2,1-2H3/p+1. The highest BCUT2D eigenvalue weighted by atomic mass is 16.5. The molecule has 7 heteroatoms. The zero-order valence-electron chi connectivity index (χ0n) is 14.6. The molecule has 0 unspecified atom stereocenters. The van der Waals surface area contributed by atoms with Crippen molar-refractivity contribution in [2.24, 2.45) is 0 Å². The second kappa shape index (κ2) is 7.90. The number of likely N-dealkylation sites (N-methyl/N-ethyl adjacent to an activating group) is 1. The van der Waals surface area contributed by atoms with Crippen molar-refractivity contribution in [3.63, 3.8) is 0 Å². The lowest BCUT2D eigenvalue weighted by molar-refractivity contribution is -0.898. The van der Waals surface area contributed by atoms with Crippen molar-refractivity contribution in [1.29, 1.82) is 5.26 Å². The maximum absolute atomic E-state index is 9.36. The first kappa shape index (κ1) is 17.1. The Morgan fingerprint density at radius 3 is 2.64 bits per heavy atom. The summed E-state index contributed by atoms with van der Waals surface area (Å²) in [5, 5.41) is 9.36. The average Bonchev–Trinajstić information content (AvgIpc) is 3.10. The van der Waals surface area contributed by atoms with Crippen LogP contribution in [0.15, 0.2) is 28.7 Å². The molecular weight excluding hydrogens is 320 g/mol. The first-order valence-electron chi connectivity index (χ1n) is 8.49. The highest BCUT2D eigenvalue weighted by Gasteiger charge is 2.25. The number of ether oxygens (including phenoxy) is 2. The number of nitriles is 1. The molecule has 1 aliphatic rings. The molecule has 0 bridgehead atoms. The van der Waals surface area contributed by atoms with Crippen LogP contribution in [0.25, 0.3) is 0 Å². The highest BCUT2D eigenvalue weighted by molar-refractivity contribution is 5.48. The summed E-state index contributed by atoms with van der Waals surface area (Å²) in [5.74, 6) is 2.20. The SMILES string of the molecule is CC[NH+]1CCN(c2oc(COc3ccccc3OC)nc2C#N)CC1. The lowest BCUT2D eigenvalue weighted by Gasteiger charge is -2.31. The van der Waals surface area contributed by atoms with Crippen molar-refractivity contribution in [2.45, 2.75) is 13.5 Å². The number of methoxy groups -OCH3 is 1. The molecule has 1 aromatic heterocycles. The lowest BCUT2D eigenvalue weighted by atomic mass is 10.3. The van der Waals surface area contributed by atoms with E-state index in [1.165, 1.54) is 0 Å². The summed E-state index contributed by atoms with van der Waals surface area (Å²) in [6.07, 6.45) is 0. The van der Waals surface area contributed by atoms with E-state index >= 15 is 0 Å². The van der Waals surface area contributed by atoms with Crippen LogP contribution in [-0.4, -0.2) is 44.8 Å². The lowest BCUT2D eigenvalue weighted by Crippen LogP contribution is -3.14. The normalized spacial score (nSPS) is 15.0. The number of hydrogen-bond donors (Lipinski definition) is 1. The van der Waals surface area contributed by atoms with E-state index in [1.54, 1.807) is 12.0 Å². The van der Waals surface area contributed by atoms with E-state index in [1.807, 2.05) is 24.3 Å². The van der Waals surface area contributed by atoms with Crippen LogP contribution in [-0.2, 0) is 6.61 Å². The first-order chi connectivity index (χ1) is 12.2. The molecule has 2 aromatic rings. The minimum absolute atomic E-state index is 0.148. The fourth-order valence-corrected chi connectivity index (χ4v) is 2.96. The van der Waals surface area contributed by atoms with Gasteiger partial charge < -0.3 is 23.7 Å². The Kier molecular flexibility index (Phi) is 5.41. The van der Waals surface area contributed by atoms with E-state index in [0.717, 1.165) is 32.7 Å². The summed E-state index contributed by atoms with van der Waals surface area (Å²) in [5.41, 5.74) is 0.318. The van der Waals surface area contributed by atoms with E-state index in [0.29, 0.717) is 29.0 Å². The highest BCUT2D eigenvalue weighted by Crippen LogP contribution is 2.28. The van der Waals surface area contributed by atoms with Gasteiger partial charge in [-0.3, -0.25) is 0 Å². The van der Waals surface area contributed by atoms with E-state index in [4.69, 9.17) is 13.9 Å². The van der Waals surface area contributed by atoms with Gasteiger partial charge in [0.25, 0.3) is 0 Å². The Morgan fingerprint density at radius 2 is 2.00 bits per heavy atom. The summed E-state index contributed by atoms with van der Waals surface area (Å²) < 4.78 is 16.8. The first-order valence-corrected chi connectivity index (χ1v) is 8.49. The minimum atomic E-state index is 0.148. The van der Waals surface area contributed by atoms with Gasteiger partial charge in [0.2, 0.25) is 17.5 Å². The van der Waals surface area contributed by atoms with Crippen LogP contribution in [0.2, 0.25) is 0 Å². The maximum Gasteiger partial charge on any atom is 0.236 e. The number of rotatable bonds is 6. The predicted octanol–water partition coefficient (Wildman–Crippen LogP) is 0.859. The molecule has 0 aliphatic carbocycles. The molecule has 132 valence electrons. The number of oxazole rings is 1. The number of anilines is 1. The fraction of sp³-hybridized carbons (Fsp3) is 0.444. The number of nitrogens with one attached hydrogen (secondary N) is 1. The molecule has 7 nitrogen and oxygen atoms in total. The van der Waals surface area contributed by atoms with Crippen LogP contribution in [0.3, 0.4) is 0 Å². The van der Waals surface area contributed by atoms with Gasteiger partial charge in [-0.2, -0.15) is 10.2 Å². The number of piperazine rings is 1. The maximum atomic E-state index is 9.36. The molecule has 0 spiro atoms. The van der Waals surface area contributed by atoms with E-state index in [-0.39, 0.29) is 6.61 Å². The van der Waals surface area contributed by atoms with Crippen LogP contribution < -0.4 is 19.3 Å². The molecule has 1 saturated heterocycles. The van der Waals surface area contributed by atoms with Crippen LogP contribution in [0.5, 0.6) is 11.5 Å². The summed E-state index contributed by atoms with van der Waals surface area (Å²) in [6.45, 7) is 7.25. The summed E-state index contributed by atoms with van der Waals surface area (Å²) in [6, 6.07) is 9.52. The van der Waals surface area contributed by atoms with Gasteiger partial charge >= 0.3 is 0 Å². The van der Waals surface area contributed by atoms with Gasteiger partial charge in [0.15, 0.2) is 18.1 Å². The van der Waals surface area contributed by atoms with Crippen molar-refractivity contribution < 1.29 is 18.8 Å². The summed E-state index contributed by atoms with van der Waals surface area (Å²) in [4.78, 5) is 7.93. The van der Waals surface area contributed by atoms with Crippen molar-refractivity contribution in [2.75, 3.05) is 44.7 Å². The number of hydrogen-bond acceptors (Lipinski definition) is 6. The van der Waals surface area contributed by atoms with Gasteiger partial charge in [-0.15, -0.1) is 0 Å². The summed E-state index contributed by atoms with van der Waals surface area (Å²) in [7, 11) is 1.59. The average molecular weight is 343 g/mol. The van der Waals surface area contributed by atoms with Crippen LogP contribution in [0.4, 0.5) is 5.88 Å². The van der Waals surface area contributed by atoms with Crippen molar-refractivity contribution in [3.8, 4) is 17.6 Å². The van der Waals surface area contributed by atoms with E-state index < -0.39 is 0 Å². The molecule has 1 aromatic carbocycles. The van der Waals surface area contributed by atoms with Crippen LogP contribution in [0.1, 0.15) is 18.5 Å². The zero-order chi connectivity index (χ0) is 17.6. The third kappa shape index (κ3) is 3.86. The van der Waals surface area contributed by atoms with E-state index in [9.17, 15) is 5.26 Å². The summed E-state index contributed by atoms with van der Waals surface area (Å²) >= 11 is 0. The van der Waals surface area contributed by atoms with E-state index in [2.05, 4.69) is 22.9 Å². The van der Waals surface area contributed by atoms with Crippen LogP contribution in [0, 0.1) is 11.3 Å². The third-order valence-electron chi connectivity index (χ3n) is 4.44. The number of quaternary nitrogens is 1. The van der Waals surface area contributed by atoms with Gasteiger partial charge in [-0.25, -0.2) is 0 Å². The van der Waals surface area contributed by atoms with Crippen molar-refractivity contribution in [1.82, 2.24) is 4.98 Å². The van der Waals surface area contributed by atoms with Gasteiger partial charge in [-0.1, -0.05) is 12.1 Å². The molecule has 3 rings (SSSR count). The van der Waals surface area contributed by atoms with Crippen LogP contribution >= 0.6 is 0 Å². The number of aromatic nitrogens is 1. The minimum Gasteiger partial charge on any atom is -0.493 e.